The lowest BCUT2D eigenvalue weighted by Crippen LogP contribution is -2.08. The van der Waals surface area contributed by atoms with Gasteiger partial charge < -0.3 is 5.73 Å². The number of nitrogens with zero attached hydrogens (tertiary/aromatic N) is 4. The fourth-order valence-electron chi connectivity index (χ4n) is 2.88. The van der Waals surface area contributed by atoms with Gasteiger partial charge in [0.15, 0.2) is 0 Å². The van der Waals surface area contributed by atoms with Crippen molar-refractivity contribution >= 4 is 11.8 Å². The second-order valence-corrected chi connectivity index (χ2v) is 6.59. The van der Waals surface area contributed by atoms with Crippen molar-refractivity contribution < 1.29 is 0 Å². The van der Waals surface area contributed by atoms with Crippen LogP contribution in [0.2, 0.25) is 0 Å². The number of hydrogen-bond donors (Lipinski definition) is 1. The molecule has 1 heterocycles. The molecule has 0 bridgehead atoms. The van der Waals surface area contributed by atoms with Crippen LogP contribution in [0.1, 0.15) is 42.9 Å². The van der Waals surface area contributed by atoms with E-state index in [1.54, 1.807) is 11.8 Å². The molecule has 0 unspecified atom stereocenters. The fourth-order valence-corrected chi connectivity index (χ4v) is 3.79. The molecule has 21 heavy (non-hydrogen) atoms. The van der Waals surface area contributed by atoms with Crippen LogP contribution in [0.15, 0.2) is 28.3 Å². The molecule has 0 spiro atoms. The molecule has 2 aromatic rings. The highest BCUT2D eigenvalue weighted by Crippen LogP contribution is 2.34. The maximum Gasteiger partial charge on any atom is 0.214 e. The molecule has 1 aromatic carbocycles. The molecule has 0 atom stereocenters. The van der Waals surface area contributed by atoms with Crippen molar-refractivity contribution in [1.29, 1.82) is 0 Å². The van der Waals surface area contributed by atoms with Crippen molar-refractivity contribution in [2.75, 3.05) is 6.54 Å². The van der Waals surface area contributed by atoms with Crippen LogP contribution < -0.4 is 5.73 Å². The monoisotopic (exact) mass is 303 g/mol. The third-order valence-corrected chi connectivity index (χ3v) is 5.14. The van der Waals surface area contributed by atoms with E-state index in [9.17, 15) is 0 Å². The summed E-state index contributed by atoms with van der Waals surface area (Å²) < 4.78 is 2.00. The molecule has 1 fully saturated rings. The van der Waals surface area contributed by atoms with Gasteiger partial charge >= 0.3 is 0 Å². The van der Waals surface area contributed by atoms with Gasteiger partial charge in [0.25, 0.3) is 0 Å². The Morgan fingerprint density at radius 1 is 1.33 bits per heavy atom. The summed E-state index contributed by atoms with van der Waals surface area (Å²) in [6.07, 6.45) is 5.86. The van der Waals surface area contributed by atoms with Crippen molar-refractivity contribution in [2.24, 2.45) is 5.73 Å². The molecule has 112 valence electrons. The van der Waals surface area contributed by atoms with Crippen LogP contribution in [-0.4, -0.2) is 26.8 Å². The highest BCUT2D eigenvalue weighted by Gasteiger charge is 2.22. The smallest absolute Gasteiger partial charge is 0.214 e. The summed E-state index contributed by atoms with van der Waals surface area (Å²) in [4.78, 5) is 1.21. The first-order chi connectivity index (χ1) is 10.3. The minimum absolute atomic E-state index is 0.472. The summed E-state index contributed by atoms with van der Waals surface area (Å²) in [5, 5.41) is 13.2. The average molecular weight is 303 g/mol. The van der Waals surface area contributed by atoms with E-state index in [-0.39, 0.29) is 0 Å². The van der Waals surface area contributed by atoms with Gasteiger partial charge in [-0.15, -0.1) is 5.10 Å². The Kier molecular flexibility index (Phi) is 4.55. The van der Waals surface area contributed by atoms with Crippen molar-refractivity contribution in [3.63, 3.8) is 0 Å². The van der Waals surface area contributed by atoms with Crippen LogP contribution in [0.5, 0.6) is 0 Å². The lowest BCUT2D eigenvalue weighted by Gasteiger charge is -2.12. The second-order valence-electron chi connectivity index (χ2n) is 5.58. The summed E-state index contributed by atoms with van der Waals surface area (Å²) in [6.45, 7) is 2.82. The first kappa shape index (κ1) is 14.5. The van der Waals surface area contributed by atoms with Gasteiger partial charge in [0.2, 0.25) is 5.16 Å². The molecule has 6 heteroatoms. The Morgan fingerprint density at radius 3 is 2.86 bits per heavy atom. The van der Waals surface area contributed by atoms with Crippen molar-refractivity contribution in [2.45, 2.75) is 55.1 Å². The molecule has 1 saturated carbocycles. The number of benzene rings is 1. The molecule has 5 nitrogen and oxygen atoms in total. The Bertz CT molecular complexity index is 604. The van der Waals surface area contributed by atoms with Gasteiger partial charge in [0.05, 0.1) is 6.04 Å². The SMILES string of the molecule is Cc1cc(CCN)ccc1Sc1nnnn1C1CCCC1. The Hall–Kier alpha value is -1.40. The standard InChI is InChI=1S/C15H21N5S/c1-11-10-12(8-9-16)6-7-14(11)21-15-17-18-19-20(15)13-4-2-3-5-13/h6-7,10,13H,2-5,8-9,16H2,1H3. The van der Waals surface area contributed by atoms with E-state index in [1.807, 2.05) is 4.68 Å². The van der Waals surface area contributed by atoms with Gasteiger partial charge in [-0.25, -0.2) is 4.68 Å². The van der Waals surface area contributed by atoms with Crippen LogP contribution in [-0.2, 0) is 6.42 Å². The van der Waals surface area contributed by atoms with Gasteiger partial charge in [-0.1, -0.05) is 25.0 Å². The highest BCUT2D eigenvalue weighted by molar-refractivity contribution is 7.99. The van der Waals surface area contributed by atoms with Crippen LogP contribution in [0.4, 0.5) is 0 Å². The third kappa shape index (κ3) is 3.27. The zero-order valence-corrected chi connectivity index (χ0v) is 13.1. The summed E-state index contributed by atoms with van der Waals surface area (Å²) in [6, 6.07) is 6.98. The van der Waals surface area contributed by atoms with Gasteiger partial charge in [-0.05, 0) is 72.1 Å². The predicted octanol–water partition coefficient (Wildman–Crippen LogP) is 2.75. The largest absolute Gasteiger partial charge is 0.330 e. The van der Waals surface area contributed by atoms with Crippen LogP contribution in [0, 0.1) is 6.92 Å². The molecule has 0 saturated heterocycles. The first-order valence-corrected chi connectivity index (χ1v) is 8.35. The number of aryl methyl sites for hydroxylation is 1. The topological polar surface area (TPSA) is 69.6 Å². The van der Waals surface area contributed by atoms with Crippen molar-refractivity contribution in [3.8, 4) is 0 Å². The van der Waals surface area contributed by atoms with Crippen molar-refractivity contribution in [1.82, 2.24) is 20.2 Å². The number of nitrogens with two attached hydrogens (primary N) is 1. The maximum absolute atomic E-state index is 5.61. The molecule has 1 aliphatic rings. The quantitative estimate of drug-likeness (QED) is 0.919. The van der Waals surface area contributed by atoms with E-state index < -0.39 is 0 Å². The maximum atomic E-state index is 5.61. The van der Waals surface area contributed by atoms with Gasteiger partial charge in [0.1, 0.15) is 0 Å². The van der Waals surface area contributed by atoms with E-state index in [4.69, 9.17) is 5.73 Å². The van der Waals surface area contributed by atoms with Crippen LogP contribution in [0.3, 0.4) is 0 Å². The summed E-state index contributed by atoms with van der Waals surface area (Å²) in [5.41, 5.74) is 8.16. The van der Waals surface area contributed by atoms with E-state index in [0.717, 1.165) is 11.6 Å². The zero-order valence-electron chi connectivity index (χ0n) is 12.3. The van der Waals surface area contributed by atoms with E-state index in [2.05, 4.69) is 40.6 Å². The normalized spacial score (nSPS) is 15.7. The van der Waals surface area contributed by atoms with Gasteiger partial charge in [-0.3, -0.25) is 0 Å². The minimum Gasteiger partial charge on any atom is -0.330 e. The third-order valence-electron chi connectivity index (χ3n) is 4.01. The molecule has 0 radical (unpaired) electrons. The average Bonchev–Trinajstić information content (AvgIpc) is 3.13. The molecular weight excluding hydrogens is 282 g/mol. The minimum atomic E-state index is 0.472. The number of tetrazole rings is 1. The molecule has 2 N–H and O–H groups in total. The van der Waals surface area contributed by atoms with Gasteiger partial charge in [-0.2, -0.15) is 0 Å². The van der Waals surface area contributed by atoms with Crippen molar-refractivity contribution in [3.05, 3.63) is 29.3 Å². The zero-order chi connectivity index (χ0) is 14.7. The van der Waals surface area contributed by atoms with E-state index >= 15 is 0 Å². The molecule has 0 aliphatic heterocycles. The summed E-state index contributed by atoms with van der Waals surface area (Å²) >= 11 is 1.66. The molecule has 0 amide bonds. The predicted molar refractivity (Wildman–Crippen MR) is 83.4 cm³/mol. The van der Waals surface area contributed by atoms with Crippen LogP contribution in [0.25, 0.3) is 0 Å². The second kappa shape index (κ2) is 6.58. The fraction of sp³-hybridized carbons (Fsp3) is 0.533. The Labute approximate surface area is 129 Å². The van der Waals surface area contributed by atoms with E-state index in [1.165, 1.54) is 41.7 Å². The number of aromatic nitrogens is 4. The summed E-state index contributed by atoms with van der Waals surface area (Å²) in [5.74, 6) is 0. The highest BCUT2D eigenvalue weighted by atomic mass is 32.2. The molecular formula is C15H21N5S. The van der Waals surface area contributed by atoms with E-state index in [0.29, 0.717) is 12.6 Å². The van der Waals surface area contributed by atoms with Gasteiger partial charge in [0, 0.05) is 4.90 Å². The Morgan fingerprint density at radius 2 is 2.14 bits per heavy atom. The number of rotatable bonds is 5. The molecule has 1 aliphatic carbocycles. The van der Waals surface area contributed by atoms with Crippen LogP contribution >= 0.6 is 11.8 Å². The summed E-state index contributed by atoms with van der Waals surface area (Å²) in [7, 11) is 0. The first-order valence-electron chi connectivity index (χ1n) is 7.53. The molecule has 3 rings (SSSR count). The number of hydrogen-bond acceptors (Lipinski definition) is 5. The Balaban J connectivity index is 1.79. The lowest BCUT2D eigenvalue weighted by molar-refractivity contribution is 0.423. The molecule has 1 aromatic heterocycles. The lowest BCUT2D eigenvalue weighted by atomic mass is 10.1.